The Labute approximate surface area is 209 Å². The Bertz CT molecular complexity index is 549. The molecule has 0 amide bonds. The molecule has 8 unspecified atom stereocenters. The molecular formula is C29H55BrO2. The summed E-state index contributed by atoms with van der Waals surface area (Å²) in [5, 5.41) is 9.20. The van der Waals surface area contributed by atoms with E-state index in [-0.39, 0.29) is 4.83 Å². The first-order valence-electron chi connectivity index (χ1n) is 14.2. The Kier molecular flexibility index (Phi) is 12.9. The van der Waals surface area contributed by atoms with E-state index in [0.717, 1.165) is 42.4 Å². The lowest BCUT2D eigenvalue weighted by molar-refractivity contribution is -0.136. The largest absolute Gasteiger partial charge is 0.480 e. The van der Waals surface area contributed by atoms with Crippen LogP contribution in [0, 0.1) is 40.4 Å². The molecule has 0 saturated heterocycles. The summed E-state index contributed by atoms with van der Waals surface area (Å²) in [6.45, 7) is 17.2. The first-order valence-corrected chi connectivity index (χ1v) is 15.1. The maximum atomic E-state index is 11.2. The second-order valence-electron chi connectivity index (χ2n) is 10.6. The van der Waals surface area contributed by atoms with Gasteiger partial charge in [0.2, 0.25) is 0 Å². The summed E-state index contributed by atoms with van der Waals surface area (Å²) in [6.07, 6.45) is 16.3. The number of carboxylic acid groups (broad SMARTS) is 1. The fraction of sp³-hybridized carbons (Fsp3) is 0.966. The van der Waals surface area contributed by atoms with Crippen molar-refractivity contribution in [3.63, 3.8) is 0 Å². The van der Waals surface area contributed by atoms with Crippen LogP contribution in [0.1, 0.15) is 132 Å². The average molecular weight is 516 g/mol. The van der Waals surface area contributed by atoms with Crippen LogP contribution in [-0.2, 0) is 4.79 Å². The van der Waals surface area contributed by atoms with Gasteiger partial charge in [-0.25, -0.2) is 0 Å². The lowest BCUT2D eigenvalue weighted by Crippen LogP contribution is -2.52. The molecule has 0 aliphatic heterocycles. The van der Waals surface area contributed by atoms with E-state index in [1.807, 2.05) is 41.5 Å². The summed E-state index contributed by atoms with van der Waals surface area (Å²) in [4.78, 5) is 10.8. The van der Waals surface area contributed by atoms with Crippen molar-refractivity contribution in [1.82, 2.24) is 0 Å². The van der Waals surface area contributed by atoms with Crippen LogP contribution in [0.5, 0.6) is 0 Å². The van der Waals surface area contributed by atoms with E-state index in [1.165, 1.54) is 64.2 Å². The molecule has 0 aromatic heterocycles. The van der Waals surface area contributed by atoms with Crippen LogP contribution >= 0.6 is 15.9 Å². The minimum absolute atomic E-state index is 0.363. The first kappa shape index (κ1) is 30.0. The van der Waals surface area contributed by atoms with E-state index in [4.69, 9.17) is 0 Å². The van der Waals surface area contributed by atoms with Gasteiger partial charge in [0.05, 0.1) is 0 Å². The van der Waals surface area contributed by atoms with Gasteiger partial charge in [0.1, 0.15) is 4.83 Å². The summed E-state index contributed by atoms with van der Waals surface area (Å²) < 4.78 is 0. The quantitative estimate of drug-likeness (QED) is 0.378. The summed E-state index contributed by atoms with van der Waals surface area (Å²) in [5.74, 6) is 3.88. The van der Waals surface area contributed by atoms with Gasteiger partial charge in [0, 0.05) is 0 Å². The van der Waals surface area contributed by atoms with E-state index >= 15 is 0 Å². The van der Waals surface area contributed by atoms with Gasteiger partial charge in [-0.15, -0.1) is 0 Å². The van der Waals surface area contributed by atoms with E-state index < -0.39 is 5.97 Å². The Morgan fingerprint density at radius 1 is 0.844 bits per heavy atom. The van der Waals surface area contributed by atoms with Crippen LogP contribution in [0.4, 0.5) is 0 Å². The molecule has 4 saturated carbocycles. The molecule has 0 aromatic rings. The van der Waals surface area contributed by atoms with Gasteiger partial charge in [-0.1, -0.05) is 84.2 Å². The van der Waals surface area contributed by atoms with Crippen LogP contribution in [0.2, 0.25) is 0 Å². The number of carbonyl (C=O) groups is 1. The second kappa shape index (κ2) is 13.7. The zero-order valence-electron chi connectivity index (χ0n) is 22.7. The number of hydrogen-bond donors (Lipinski definition) is 1. The highest BCUT2D eigenvalue weighted by molar-refractivity contribution is 9.10. The third-order valence-corrected chi connectivity index (χ3v) is 10.7. The van der Waals surface area contributed by atoms with Crippen LogP contribution < -0.4 is 0 Å². The van der Waals surface area contributed by atoms with Crippen molar-refractivity contribution in [1.29, 1.82) is 0 Å². The predicted octanol–water partition coefficient (Wildman–Crippen LogP) is 9.74. The lowest BCUT2D eigenvalue weighted by Gasteiger charge is -2.60. The standard InChI is InChI=1S/C23H37BrO2.3C2H6/c1-22-13-4-3-5-15(22)6-9-17-18-10-7-16(8-11-20(24)21(25)26)23(18,2)14-12-19(17)22;3*1-2/h15-20H,3-14H2,1-2H3,(H,25,26);3*1-2H3. The number of carboxylic acids is 1. The minimum Gasteiger partial charge on any atom is -0.480 e. The molecule has 3 heteroatoms. The van der Waals surface area contributed by atoms with Gasteiger partial charge < -0.3 is 5.11 Å². The van der Waals surface area contributed by atoms with Gasteiger partial charge in [0.25, 0.3) is 0 Å². The summed E-state index contributed by atoms with van der Waals surface area (Å²) >= 11 is 3.36. The Hall–Kier alpha value is -0.0500. The Morgan fingerprint density at radius 2 is 1.47 bits per heavy atom. The van der Waals surface area contributed by atoms with Crippen molar-refractivity contribution in [3.8, 4) is 0 Å². The zero-order valence-corrected chi connectivity index (χ0v) is 24.3. The van der Waals surface area contributed by atoms with Crippen LogP contribution in [0.3, 0.4) is 0 Å². The number of aliphatic carboxylic acids is 1. The average Bonchev–Trinajstić information content (AvgIpc) is 3.17. The van der Waals surface area contributed by atoms with Gasteiger partial charge in [-0.05, 0) is 105 Å². The molecule has 4 rings (SSSR count). The van der Waals surface area contributed by atoms with Crippen molar-refractivity contribution in [2.75, 3.05) is 0 Å². The highest BCUT2D eigenvalue weighted by atomic mass is 79.9. The third kappa shape index (κ3) is 5.95. The highest BCUT2D eigenvalue weighted by Gasteiger charge is 2.59. The normalized spacial score (nSPS) is 40.3. The molecule has 0 radical (unpaired) electrons. The third-order valence-electron chi connectivity index (χ3n) is 9.82. The maximum absolute atomic E-state index is 11.2. The second-order valence-corrected chi connectivity index (χ2v) is 11.7. The molecular weight excluding hydrogens is 460 g/mol. The molecule has 4 aliphatic carbocycles. The fourth-order valence-corrected chi connectivity index (χ4v) is 8.61. The lowest BCUT2D eigenvalue weighted by atomic mass is 9.45. The van der Waals surface area contributed by atoms with E-state index in [1.54, 1.807) is 0 Å². The van der Waals surface area contributed by atoms with Gasteiger partial charge in [-0.2, -0.15) is 0 Å². The molecule has 4 aliphatic rings. The molecule has 8 atom stereocenters. The molecule has 4 fully saturated rings. The number of alkyl halides is 1. The van der Waals surface area contributed by atoms with Crippen LogP contribution in [0.25, 0.3) is 0 Å². The zero-order chi connectivity index (χ0) is 24.5. The molecule has 32 heavy (non-hydrogen) atoms. The van der Waals surface area contributed by atoms with E-state index in [2.05, 4.69) is 29.8 Å². The van der Waals surface area contributed by atoms with Crippen LogP contribution in [0.15, 0.2) is 0 Å². The van der Waals surface area contributed by atoms with Crippen LogP contribution in [-0.4, -0.2) is 15.9 Å². The van der Waals surface area contributed by atoms with E-state index in [9.17, 15) is 9.90 Å². The smallest absolute Gasteiger partial charge is 0.317 e. The summed E-state index contributed by atoms with van der Waals surface area (Å²) in [5.41, 5.74) is 1.11. The van der Waals surface area contributed by atoms with Crippen molar-refractivity contribution >= 4 is 21.9 Å². The first-order chi connectivity index (χ1) is 15.4. The van der Waals surface area contributed by atoms with Crippen molar-refractivity contribution < 1.29 is 9.90 Å². The minimum atomic E-state index is -0.697. The Morgan fingerprint density at radius 3 is 2.09 bits per heavy atom. The molecule has 1 N–H and O–H groups in total. The molecule has 0 bridgehead atoms. The summed E-state index contributed by atoms with van der Waals surface area (Å²) in [6, 6.07) is 0. The molecule has 0 spiro atoms. The molecule has 0 aromatic carbocycles. The van der Waals surface area contributed by atoms with Gasteiger partial charge in [-0.3, -0.25) is 4.79 Å². The molecule has 0 heterocycles. The van der Waals surface area contributed by atoms with Crippen molar-refractivity contribution in [2.45, 2.75) is 137 Å². The number of rotatable bonds is 4. The highest BCUT2D eigenvalue weighted by Crippen LogP contribution is 2.67. The van der Waals surface area contributed by atoms with Crippen molar-refractivity contribution in [3.05, 3.63) is 0 Å². The number of halogens is 1. The number of hydrogen-bond acceptors (Lipinski definition) is 1. The fourth-order valence-electron chi connectivity index (χ4n) is 8.35. The molecule has 2 nitrogen and oxygen atoms in total. The number of fused-ring (bicyclic) bond motifs is 5. The monoisotopic (exact) mass is 514 g/mol. The topological polar surface area (TPSA) is 37.3 Å². The Balaban J connectivity index is 0.000000789. The van der Waals surface area contributed by atoms with Gasteiger partial charge >= 0.3 is 5.97 Å². The molecule has 190 valence electrons. The van der Waals surface area contributed by atoms with Gasteiger partial charge in [0.15, 0.2) is 0 Å². The summed E-state index contributed by atoms with van der Waals surface area (Å²) in [7, 11) is 0. The maximum Gasteiger partial charge on any atom is 0.317 e. The predicted molar refractivity (Wildman–Crippen MR) is 143 cm³/mol. The van der Waals surface area contributed by atoms with E-state index in [0.29, 0.717) is 10.8 Å². The SMILES string of the molecule is CC.CC.CC.CC12CCCCC1CCC1C2CCC2(C)C(CCC(Br)C(=O)O)CCC12. The van der Waals surface area contributed by atoms with Crippen molar-refractivity contribution in [2.24, 2.45) is 40.4 Å².